The molecule has 0 aromatic rings. The number of amides is 1. The van der Waals surface area contributed by atoms with E-state index in [9.17, 15) is 4.79 Å². The molecule has 2 atom stereocenters. The Balaban J connectivity index is 4.48. The summed E-state index contributed by atoms with van der Waals surface area (Å²) in [5, 5.41) is 3.01. The molecular formula is C10H23N5O2. The van der Waals surface area contributed by atoms with Gasteiger partial charge in [0.1, 0.15) is 6.04 Å². The Morgan fingerprint density at radius 2 is 2.06 bits per heavy atom. The maximum absolute atomic E-state index is 11.6. The molecule has 7 nitrogen and oxygen atoms in total. The van der Waals surface area contributed by atoms with Crippen LogP contribution in [-0.2, 0) is 9.53 Å². The van der Waals surface area contributed by atoms with Crippen LogP contribution in [0.2, 0.25) is 0 Å². The standard InChI is InChI=1S/C10H23N5O2/c1-7(6-17-5)12-10(14-11)13-8(2)9(16)15(3)4/h7-8H,6,11H2,1-5H3,(H2,12,13,14). The van der Waals surface area contributed by atoms with E-state index in [4.69, 9.17) is 10.6 Å². The first kappa shape index (κ1) is 15.7. The van der Waals surface area contributed by atoms with Crippen LogP contribution >= 0.6 is 0 Å². The number of aliphatic imine (C=N–C) groups is 1. The molecule has 0 radical (unpaired) electrons. The number of guanidine groups is 1. The molecule has 0 aromatic heterocycles. The van der Waals surface area contributed by atoms with Crippen molar-refractivity contribution in [1.29, 1.82) is 0 Å². The lowest BCUT2D eigenvalue weighted by Crippen LogP contribution is -2.48. The Kier molecular flexibility index (Phi) is 7.24. The SMILES string of the molecule is COCC(C)NC(=NC(C)C(=O)N(C)C)NN. The Morgan fingerprint density at radius 1 is 1.47 bits per heavy atom. The van der Waals surface area contributed by atoms with Gasteiger partial charge in [0.15, 0.2) is 0 Å². The number of carbonyl (C=O) groups excluding carboxylic acids is 1. The summed E-state index contributed by atoms with van der Waals surface area (Å²) in [6, 6.07) is -0.435. The van der Waals surface area contributed by atoms with Crippen molar-refractivity contribution in [2.75, 3.05) is 27.8 Å². The van der Waals surface area contributed by atoms with Gasteiger partial charge < -0.3 is 15.0 Å². The van der Waals surface area contributed by atoms with E-state index in [1.54, 1.807) is 28.1 Å². The van der Waals surface area contributed by atoms with E-state index in [1.807, 2.05) is 6.92 Å². The summed E-state index contributed by atoms with van der Waals surface area (Å²) < 4.78 is 4.98. The van der Waals surface area contributed by atoms with Crippen LogP contribution in [0.15, 0.2) is 4.99 Å². The molecule has 1 amide bonds. The highest BCUT2D eigenvalue weighted by Gasteiger charge is 2.15. The number of carbonyl (C=O) groups is 1. The van der Waals surface area contributed by atoms with Gasteiger partial charge in [0.2, 0.25) is 11.9 Å². The zero-order chi connectivity index (χ0) is 13.4. The molecule has 0 saturated carbocycles. The third-order valence-corrected chi connectivity index (χ3v) is 2.06. The summed E-state index contributed by atoms with van der Waals surface area (Å²) in [5.74, 6) is 5.62. The zero-order valence-electron chi connectivity index (χ0n) is 11.2. The number of likely N-dealkylation sites (N-methyl/N-ethyl adjacent to an activating group) is 1. The van der Waals surface area contributed by atoms with Crippen molar-refractivity contribution in [3.63, 3.8) is 0 Å². The fourth-order valence-electron chi connectivity index (χ4n) is 1.26. The second-order valence-corrected chi connectivity index (χ2v) is 4.03. The minimum atomic E-state index is -0.488. The first-order chi connectivity index (χ1) is 7.92. The van der Waals surface area contributed by atoms with Gasteiger partial charge in [-0.3, -0.25) is 10.2 Å². The number of hydrazine groups is 1. The molecule has 0 bridgehead atoms. The molecule has 0 saturated heterocycles. The molecule has 17 heavy (non-hydrogen) atoms. The number of methoxy groups -OCH3 is 1. The lowest BCUT2D eigenvalue weighted by molar-refractivity contribution is -0.129. The largest absolute Gasteiger partial charge is 0.383 e. The second kappa shape index (κ2) is 7.86. The molecule has 0 aromatic carbocycles. The van der Waals surface area contributed by atoms with E-state index in [0.29, 0.717) is 12.6 Å². The highest BCUT2D eigenvalue weighted by Crippen LogP contribution is 1.94. The normalized spacial score (nSPS) is 15.1. The van der Waals surface area contributed by atoms with Gasteiger partial charge in [-0.1, -0.05) is 0 Å². The summed E-state index contributed by atoms with van der Waals surface area (Å²) in [6.45, 7) is 4.16. The van der Waals surface area contributed by atoms with Crippen molar-refractivity contribution in [2.24, 2.45) is 10.8 Å². The average Bonchev–Trinajstić information content (AvgIpc) is 2.26. The van der Waals surface area contributed by atoms with Crippen LogP contribution < -0.4 is 16.6 Å². The smallest absolute Gasteiger partial charge is 0.246 e. The Bertz CT molecular complexity index is 267. The van der Waals surface area contributed by atoms with E-state index in [2.05, 4.69) is 15.7 Å². The van der Waals surface area contributed by atoms with E-state index >= 15 is 0 Å². The van der Waals surface area contributed by atoms with Crippen molar-refractivity contribution < 1.29 is 9.53 Å². The predicted molar refractivity (Wildman–Crippen MR) is 67.4 cm³/mol. The topological polar surface area (TPSA) is 92.0 Å². The Labute approximate surface area is 102 Å². The van der Waals surface area contributed by atoms with Crippen LogP contribution in [0.5, 0.6) is 0 Å². The molecule has 100 valence electrons. The molecule has 0 rings (SSSR count). The number of nitrogens with zero attached hydrogens (tertiary/aromatic N) is 2. The molecule has 7 heteroatoms. The summed E-state index contributed by atoms with van der Waals surface area (Å²) >= 11 is 0. The minimum absolute atomic E-state index is 0.0523. The van der Waals surface area contributed by atoms with Crippen molar-refractivity contribution in [3.05, 3.63) is 0 Å². The minimum Gasteiger partial charge on any atom is -0.383 e. The Hall–Kier alpha value is -1.34. The van der Waals surface area contributed by atoms with Gasteiger partial charge in [0.25, 0.3) is 0 Å². The van der Waals surface area contributed by atoms with Crippen LogP contribution in [-0.4, -0.2) is 56.7 Å². The zero-order valence-corrected chi connectivity index (χ0v) is 11.2. The van der Waals surface area contributed by atoms with Crippen LogP contribution in [0.3, 0.4) is 0 Å². The van der Waals surface area contributed by atoms with Crippen LogP contribution in [0, 0.1) is 0 Å². The van der Waals surface area contributed by atoms with Gasteiger partial charge in [0.05, 0.1) is 6.61 Å². The van der Waals surface area contributed by atoms with Gasteiger partial charge in [-0.25, -0.2) is 10.8 Å². The third kappa shape index (κ3) is 6.08. The monoisotopic (exact) mass is 245 g/mol. The molecule has 0 aliphatic carbocycles. The molecule has 0 aliphatic rings. The summed E-state index contributed by atoms with van der Waals surface area (Å²) in [6.07, 6.45) is 0. The first-order valence-corrected chi connectivity index (χ1v) is 5.43. The number of rotatable bonds is 5. The fraction of sp³-hybridized carbons (Fsp3) is 0.800. The number of hydrogen-bond acceptors (Lipinski definition) is 4. The maximum atomic E-state index is 11.6. The highest BCUT2D eigenvalue weighted by molar-refractivity contribution is 5.86. The highest BCUT2D eigenvalue weighted by atomic mass is 16.5. The lowest BCUT2D eigenvalue weighted by atomic mass is 10.3. The molecule has 0 heterocycles. The van der Waals surface area contributed by atoms with Crippen LogP contribution in [0.4, 0.5) is 0 Å². The van der Waals surface area contributed by atoms with Crippen molar-refractivity contribution in [3.8, 4) is 0 Å². The molecule has 2 unspecified atom stereocenters. The number of ether oxygens (including phenoxy) is 1. The summed E-state index contributed by atoms with van der Waals surface area (Å²) in [4.78, 5) is 17.3. The molecule has 0 fully saturated rings. The molecule has 4 N–H and O–H groups in total. The molecular weight excluding hydrogens is 222 g/mol. The summed E-state index contributed by atoms with van der Waals surface area (Å²) in [7, 11) is 4.98. The fourth-order valence-corrected chi connectivity index (χ4v) is 1.26. The van der Waals surface area contributed by atoms with Crippen LogP contribution in [0.25, 0.3) is 0 Å². The van der Waals surface area contributed by atoms with E-state index in [1.165, 1.54) is 4.90 Å². The van der Waals surface area contributed by atoms with Crippen LogP contribution in [0.1, 0.15) is 13.8 Å². The quantitative estimate of drug-likeness (QED) is 0.248. The maximum Gasteiger partial charge on any atom is 0.246 e. The predicted octanol–water partition coefficient (Wildman–Crippen LogP) is -1.09. The van der Waals surface area contributed by atoms with E-state index in [0.717, 1.165) is 0 Å². The number of nitrogens with two attached hydrogens (primary N) is 1. The van der Waals surface area contributed by atoms with Crippen molar-refractivity contribution in [1.82, 2.24) is 15.6 Å². The van der Waals surface area contributed by atoms with Gasteiger partial charge in [-0.05, 0) is 13.8 Å². The summed E-state index contributed by atoms with van der Waals surface area (Å²) in [5.41, 5.74) is 2.43. The second-order valence-electron chi connectivity index (χ2n) is 4.03. The van der Waals surface area contributed by atoms with Crippen molar-refractivity contribution in [2.45, 2.75) is 25.9 Å². The number of nitrogens with one attached hydrogen (secondary N) is 2. The van der Waals surface area contributed by atoms with Gasteiger partial charge in [0, 0.05) is 27.2 Å². The van der Waals surface area contributed by atoms with E-state index in [-0.39, 0.29) is 11.9 Å². The van der Waals surface area contributed by atoms with Gasteiger partial charge in [-0.15, -0.1) is 0 Å². The van der Waals surface area contributed by atoms with Crippen molar-refractivity contribution >= 4 is 11.9 Å². The van der Waals surface area contributed by atoms with Gasteiger partial charge >= 0.3 is 0 Å². The lowest BCUT2D eigenvalue weighted by Gasteiger charge is -2.18. The Morgan fingerprint density at radius 3 is 2.47 bits per heavy atom. The molecule has 0 aliphatic heterocycles. The van der Waals surface area contributed by atoms with E-state index < -0.39 is 6.04 Å². The third-order valence-electron chi connectivity index (χ3n) is 2.06. The average molecular weight is 245 g/mol. The van der Waals surface area contributed by atoms with Gasteiger partial charge in [-0.2, -0.15) is 0 Å². The first-order valence-electron chi connectivity index (χ1n) is 5.43. The molecule has 0 spiro atoms. The number of hydrogen-bond donors (Lipinski definition) is 3.